The Hall–Kier alpha value is -1.13. The molecule has 0 unspecified atom stereocenters. The number of hydrogen-bond acceptors (Lipinski definition) is 3. The topological polar surface area (TPSA) is 46.5 Å². The number of Topliss-reactive ketones (excluding diaryl/α,β-unsaturated/α-hetero) is 1. The molecular weight excluding hydrogens is 316 g/mol. The number of aliphatic hydroxyl groups is 1. The number of benzene rings is 1. The van der Waals surface area contributed by atoms with Crippen LogP contribution >= 0.6 is 0 Å². The number of unbranched alkanes of at least 4 members (excludes halogenated alkanes) is 2. The monoisotopic (exact) mass is 350 g/mol. The minimum Gasteiger partial charge on any atom is -0.543 e. The molecule has 0 saturated carbocycles. The van der Waals surface area contributed by atoms with Gasteiger partial charge in [0.2, 0.25) is 0 Å². The molecule has 0 fully saturated rings. The lowest BCUT2D eigenvalue weighted by atomic mass is 9.99. The van der Waals surface area contributed by atoms with Crippen LogP contribution in [0.3, 0.4) is 0 Å². The molecule has 0 radical (unpaired) electrons. The molecule has 0 atom stereocenters. The molecule has 136 valence electrons. The highest BCUT2D eigenvalue weighted by Gasteiger charge is 2.39. The van der Waals surface area contributed by atoms with Crippen molar-refractivity contribution in [3.63, 3.8) is 0 Å². The van der Waals surface area contributed by atoms with Crippen molar-refractivity contribution in [1.82, 2.24) is 0 Å². The summed E-state index contributed by atoms with van der Waals surface area (Å²) in [6.07, 6.45) is 3.04. The van der Waals surface area contributed by atoms with Crippen LogP contribution in [-0.2, 0) is 0 Å². The number of carbonyl (C=O) groups excluding carboxylic acids is 1. The van der Waals surface area contributed by atoms with E-state index in [0.29, 0.717) is 6.42 Å². The molecule has 0 heterocycles. The van der Waals surface area contributed by atoms with Crippen LogP contribution in [0.15, 0.2) is 12.1 Å². The molecule has 0 amide bonds. The van der Waals surface area contributed by atoms with Gasteiger partial charge in [-0.15, -0.1) is 0 Å². The summed E-state index contributed by atoms with van der Waals surface area (Å²) in [5.41, 5.74) is 2.86. The highest BCUT2D eigenvalue weighted by molar-refractivity contribution is 6.74. The van der Waals surface area contributed by atoms with E-state index in [9.17, 15) is 4.79 Å². The van der Waals surface area contributed by atoms with Gasteiger partial charge in [0, 0.05) is 18.6 Å². The van der Waals surface area contributed by atoms with Crippen molar-refractivity contribution >= 4 is 14.1 Å². The molecule has 1 N–H and O–H groups in total. The van der Waals surface area contributed by atoms with Gasteiger partial charge < -0.3 is 9.53 Å². The molecule has 0 aromatic heterocycles. The van der Waals surface area contributed by atoms with Gasteiger partial charge in [0.05, 0.1) is 0 Å². The van der Waals surface area contributed by atoms with E-state index in [4.69, 9.17) is 9.53 Å². The third-order valence-electron chi connectivity index (χ3n) is 5.01. The van der Waals surface area contributed by atoms with Crippen LogP contribution in [0.1, 0.15) is 67.9 Å². The van der Waals surface area contributed by atoms with Gasteiger partial charge in [0.15, 0.2) is 5.78 Å². The molecule has 1 aromatic rings. The highest BCUT2D eigenvalue weighted by Crippen LogP contribution is 2.39. The highest BCUT2D eigenvalue weighted by atomic mass is 28.4. The Morgan fingerprint density at radius 2 is 1.62 bits per heavy atom. The maximum absolute atomic E-state index is 12.4. The van der Waals surface area contributed by atoms with Gasteiger partial charge in [0.1, 0.15) is 5.75 Å². The van der Waals surface area contributed by atoms with Crippen LogP contribution in [0.25, 0.3) is 0 Å². The van der Waals surface area contributed by atoms with Crippen LogP contribution in [0, 0.1) is 13.8 Å². The second kappa shape index (κ2) is 8.30. The van der Waals surface area contributed by atoms with E-state index < -0.39 is 8.32 Å². The SMILES string of the molecule is Cc1cc(C(=O)CCCCCO)cc(C)c1O[Si](C)(C)C(C)(C)C. The average Bonchev–Trinajstić information content (AvgIpc) is 2.45. The van der Waals surface area contributed by atoms with E-state index in [0.717, 1.165) is 41.7 Å². The summed E-state index contributed by atoms with van der Waals surface area (Å²) in [5, 5.41) is 8.95. The lowest BCUT2D eigenvalue weighted by Crippen LogP contribution is -2.44. The molecule has 4 heteroatoms. The molecule has 1 rings (SSSR count). The lowest BCUT2D eigenvalue weighted by molar-refractivity contribution is 0.0978. The fourth-order valence-corrected chi connectivity index (χ4v) is 3.54. The van der Waals surface area contributed by atoms with Crippen LogP contribution in [0.2, 0.25) is 18.1 Å². The van der Waals surface area contributed by atoms with Crippen LogP contribution < -0.4 is 4.43 Å². The first-order chi connectivity index (χ1) is 11.0. The van der Waals surface area contributed by atoms with E-state index in [1.165, 1.54) is 0 Å². The number of ketones is 1. The minimum absolute atomic E-state index is 0.146. The lowest BCUT2D eigenvalue weighted by Gasteiger charge is -2.37. The summed E-state index contributed by atoms with van der Waals surface area (Å²) in [6.45, 7) is 15.4. The number of hydrogen-bond donors (Lipinski definition) is 1. The van der Waals surface area contributed by atoms with Crippen molar-refractivity contribution in [2.24, 2.45) is 0 Å². The van der Waals surface area contributed by atoms with Crippen molar-refractivity contribution in [3.8, 4) is 5.75 Å². The third-order valence-corrected chi connectivity index (χ3v) is 9.33. The van der Waals surface area contributed by atoms with E-state index in [-0.39, 0.29) is 17.4 Å². The fourth-order valence-electron chi connectivity index (χ4n) is 2.40. The summed E-state index contributed by atoms with van der Waals surface area (Å²) in [5.74, 6) is 1.12. The normalized spacial score (nSPS) is 12.3. The van der Waals surface area contributed by atoms with Crippen LogP contribution in [0.5, 0.6) is 5.75 Å². The second-order valence-electron chi connectivity index (χ2n) is 8.26. The minimum atomic E-state index is -1.89. The zero-order valence-corrected chi connectivity index (χ0v) is 17.5. The number of aryl methyl sites for hydroxylation is 2. The first-order valence-corrected chi connectivity index (χ1v) is 11.8. The Bertz CT molecular complexity index is 548. The molecule has 0 spiro atoms. The van der Waals surface area contributed by atoms with Gasteiger partial charge in [-0.05, 0) is 68.1 Å². The Morgan fingerprint density at radius 1 is 1.08 bits per heavy atom. The van der Waals surface area contributed by atoms with Gasteiger partial charge >= 0.3 is 0 Å². The largest absolute Gasteiger partial charge is 0.543 e. The summed E-state index contributed by atoms with van der Waals surface area (Å²) in [7, 11) is -1.89. The van der Waals surface area contributed by atoms with Gasteiger partial charge in [-0.3, -0.25) is 4.79 Å². The van der Waals surface area contributed by atoms with Crippen molar-refractivity contribution in [2.75, 3.05) is 6.61 Å². The summed E-state index contributed by atoms with van der Waals surface area (Å²) in [6, 6.07) is 3.92. The average molecular weight is 351 g/mol. The van der Waals surface area contributed by atoms with Gasteiger partial charge in [-0.2, -0.15) is 0 Å². The first kappa shape index (κ1) is 20.9. The zero-order valence-electron chi connectivity index (χ0n) is 16.5. The Morgan fingerprint density at radius 3 is 2.08 bits per heavy atom. The molecule has 3 nitrogen and oxygen atoms in total. The predicted octanol–water partition coefficient (Wildman–Crippen LogP) is 5.42. The summed E-state index contributed by atoms with van der Waals surface area (Å²) < 4.78 is 6.48. The smallest absolute Gasteiger partial charge is 0.250 e. The molecule has 0 aliphatic heterocycles. The molecule has 1 aromatic carbocycles. The van der Waals surface area contributed by atoms with Crippen molar-refractivity contribution in [1.29, 1.82) is 0 Å². The van der Waals surface area contributed by atoms with Crippen LogP contribution in [0.4, 0.5) is 0 Å². The van der Waals surface area contributed by atoms with Gasteiger partial charge in [0.25, 0.3) is 8.32 Å². The number of rotatable bonds is 8. The number of aliphatic hydroxyl groups excluding tert-OH is 1. The third kappa shape index (κ3) is 5.45. The van der Waals surface area contributed by atoms with E-state index in [1.54, 1.807) is 0 Å². The van der Waals surface area contributed by atoms with E-state index >= 15 is 0 Å². The number of carbonyl (C=O) groups is 1. The Labute approximate surface area is 148 Å². The van der Waals surface area contributed by atoms with Crippen molar-refractivity contribution < 1.29 is 14.3 Å². The summed E-state index contributed by atoms with van der Waals surface area (Å²) >= 11 is 0. The van der Waals surface area contributed by atoms with Gasteiger partial charge in [-0.25, -0.2) is 0 Å². The van der Waals surface area contributed by atoms with E-state index in [1.807, 2.05) is 26.0 Å². The first-order valence-electron chi connectivity index (χ1n) is 8.94. The molecule has 0 aliphatic carbocycles. The second-order valence-corrected chi connectivity index (χ2v) is 13.0. The molecule has 24 heavy (non-hydrogen) atoms. The quantitative estimate of drug-likeness (QED) is 0.387. The molecule has 0 bridgehead atoms. The maximum Gasteiger partial charge on any atom is 0.250 e. The maximum atomic E-state index is 12.4. The summed E-state index contributed by atoms with van der Waals surface area (Å²) in [4.78, 5) is 12.4. The van der Waals surface area contributed by atoms with Crippen molar-refractivity contribution in [2.45, 2.75) is 78.4 Å². The van der Waals surface area contributed by atoms with Crippen molar-refractivity contribution in [3.05, 3.63) is 28.8 Å². The predicted molar refractivity (Wildman–Crippen MR) is 104 cm³/mol. The van der Waals surface area contributed by atoms with Gasteiger partial charge in [-0.1, -0.05) is 27.2 Å². The Kier molecular flexibility index (Phi) is 7.23. The van der Waals surface area contributed by atoms with E-state index in [2.05, 4.69) is 33.9 Å². The molecular formula is C20H34O3Si. The van der Waals surface area contributed by atoms with Crippen LogP contribution in [-0.4, -0.2) is 25.8 Å². The zero-order chi connectivity index (χ0) is 18.5. The standard InChI is InChI=1S/C20H34O3Si/c1-15-13-17(18(22)11-9-8-10-12-21)14-16(2)19(15)23-24(6,7)20(3,4)5/h13-14,21H,8-12H2,1-7H3. The Balaban J connectivity index is 2.92. The molecule has 0 saturated heterocycles. The molecule has 0 aliphatic rings. The fraction of sp³-hybridized carbons (Fsp3) is 0.650.